The molecule has 2 unspecified atom stereocenters. The molecule has 1 aliphatic heterocycles. The molecule has 0 amide bonds. The Kier molecular flexibility index (Phi) is 3.08. The van der Waals surface area contributed by atoms with E-state index >= 15 is 0 Å². The average molecular weight is 205 g/mol. The van der Waals surface area contributed by atoms with E-state index in [2.05, 4.69) is 32.0 Å². The third-order valence-electron chi connectivity index (χ3n) is 3.28. The van der Waals surface area contributed by atoms with Crippen molar-refractivity contribution >= 4 is 0 Å². The molecule has 2 N–H and O–H groups in total. The summed E-state index contributed by atoms with van der Waals surface area (Å²) in [6.07, 6.45) is 2.45. The van der Waals surface area contributed by atoms with Gasteiger partial charge in [0, 0.05) is 6.61 Å². The fourth-order valence-electron chi connectivity index (χ4n) is 2.07. The summed E-state index contributed by atoms with van der Waals surface area (Å²) < 4.78 is 5.61. The molecule has 1 saturated heterocycles. The van der Waals surface area contributed by atoms with Crippen LogP contribution in [0.1, 0.15) is 35.6 Å². The second-order valence-corrected chi connectivity index (χ2v) is 4.42. The van der Waals surface area contributed by atoms with Crippen molar-refractivity contribution in [2.75, 3.05) is 6.61 Å². The normalized spacial score (nSPS) is 23.0. The molecule has 1 heterocycles. The van der Waals surface area contributed by atoms with Gasteiger partial charge in [-0.1, -0.05) is 18.2 Å². The molecule has 0 spiro atoms. The van der Waals surface area contributed by atoms with Crippen LogP contribution in [0.25, 0.3) is 0 Å². The van der Waals surface area contributed by atoms with Gasteiger partial charge in [-0.25, -0.2) is 0 Å². The van der Waals surface area contributed by atoms with E-state index in [4.69, 9.17) is 10.5 Å². The maximum absolute atomic E-state index is 6.19. The van der Waals surface area contributed by atoms with E-state index in [0.717, 1.165) is 19.4 Å². The number of benzene rings is 1. The Morgan fingerprint density at radius 2 is 2.13 bits per heavy atom. The Morgan fingerprint density at radius 1 is 1.33 bits per heavy atom. The summed E-state index contributed by atoms with van der Waals surface area (Å²) in [6.45, 7) is 5.11. The van der Waals surface area contributed by atoms with E-state index in [0.29, 0.717) is 0 Å². The fourth-order valence-corrected chi connectivity index (χ4v) is 2.07. The summed E-state index contributed by atoms with van der Waals surface area (Å²) in [5, 5.41) is 0. The van der Waals surface area contributed by atoms with Gasteiger partial charge in [0.1, 0.15) is 0 Å². The summed E-state index contributed by atoms with van der Waals surface area (Å²) in [6, 6.07) is 6.47. The molecule has 2 heteroatoms. The number of rotatable bonds is 2. The molecule has 1 fully saturated rings. The topological polar surface area (TPSA) is 35.2 Å². The molecule has 0 bridgehead atoms. The van der Waals surface area contributed by atoms with Gasteiger partial charge in [0.05, 0.1) is 12.1 Å². The summed E-state index contributed by atoms with van der Waals surface area (Å²) in [7, 11) is 0. The largest absolute Gasteiger partial charge is 0.376 e. The van der Waals surface area contributed by atoms with E-state index < -0.39 is 0 Å². The lowest BCUT2D eigenvalue weighted by molar-refractivity contribution is 0.0900. The van der Waals surface area contributed by atoms with Crippen LogP contribution in [0.15, 0.2) is 18.2 Å². The van der Waals surface area contributed by atoms with Gasteiger partial charge in [-0.15, -0.1) is 0 Å². The van der Waals surface area contributed by atoms with Crippen molar-refractivity contribution in [1.29, 1.82) is 0 Å². The van der Waals surface area contributed by atoms with Crippen LogP contribution in [0.5, 0.6) is 0 Å². The van der Waals surface area contributed by atoms with Crippen molar-refractivity contribution in [1.82, 2.24) is 0 Å². The number of hydrogen-bond acceptors (Lipinski definition) is 2. The number of nitrogens with two attached hydrogens (primary N) is 1. The van der Waals surface area contributed by atoms with E-state index in [1.165, 1.54) is 16.7 Å². The van der Waals surface area contributed by atoms with E-state index in [9.17, 15) is 0 Å². The highest BCUT2D eigenvalue weighted by Gasteiger charge is 2.24. The quantitative estimate of drug-likeness (QED) is 0.805. The van der Waals surface area contributed by atoms with Crippen molar-refractivity contribution in [2.45, 2.75) is 38.8 Å². The minimum atomic E-state index is 0.0341. The third kappa shape index (κ3) is 2.21. The van der Waals surface area contributed by atoms with Gasteiger partial charge in [-0.3, -0.25) is 0 Å². The highest BCUT2D eigenvalue weighted by Crippen LogP contribution is 2.25. The highest BCUT2D eigenvalue weighted by molar-refractivity contribution is 5.32. The fraction of sp³-hybridized carbons (Fsp3) is 0.538. The molecule has 0 radical (unpaired) electrons. The first kappa shape index (κ1) is 10.7. The smallest absolute Gasteiger partial charge is 0.0768 e. The molecule has 2 rings (SSSR count). The zero-order valence-corrected chi connectivity index (χ0v) is 9.49. The van der Waals surface area contributed by atoms with Crippen LogP contribution in [0.3, 0.4) is 0 Å². The van der Waals surface area contributed by atoms with Gasteiger partial charge in [-0.2, -0.15) is 0 Å². The van der Waals surface area contributed by atoms with Gasteiger partial charge >= 0.3 is 0 Å². The zero-order valence-electron chi connectivity index (χ0n) is 9.49. The van der Waals surface area contributed by atoms with Crippen molar-refractivity contribution in [3.63, 3.8) is 0 Å². The van der Waals surface area contributed by atoms with E-state index in [1.54, 1.807) is 0 Å². The Hall–Kier alpha value is -0.860. The van der Waals surface area contributed by atoms with Gasteiger partial charge in [0.15, 0.2) is 0 Å². The number of ether oxygens (including phenoxy) is 1. The monoisotopic (exact) mass is 205 g/mol. The minimum Gasteiger partial charge on any atom is -0.376 e. The molecule has 1 aromatic carbocycles. The average Bonchev–Trinajstić information content (AvgIpc) is 2.74. The van der Waals surface area contributed by atoms with Crippen LogP contribution in [0.2, 0.25) is 0 Å². The summed E-state index contributed by atoms with van der Waals surface area (Å²) >= 11 is 0. The van der Waals surface area contributed by atoms with Gasteiger partial charge in [0.25, 0.3) is 0 Å². The summed E-state index contributed by atoms with van der Waals surface area (Å²) in [4.78, 5) is 0. The molecule has 82 valence electrons. The maximum atomic E-state index is 6.19. The predicted octanol–water partition coefficient (Wildman–Crippen LogP) is 2.48. The minimum absolute atomic E-state index is 0.0341. The van der Waals surface area contributed by atoms with Crippen molar-refractivity contribution in [3.8, 4) is 0 Å². The lowest BCUT2D eigenvalue weighted by Crippen LogP contribution is -2.25. The lowest BCUT2D eigenvalue weighted by atomic mass is 9.97. The maximum Gasteiger partial charge on any atom is 0.0768 e. The highest BCUT2D eigenvalue weighted by atomic mass is 16.5. The molecule has 1 aromatic rings. The standard InChI is InChI=1S/C13H19NO/c1-9-5-6-11(8-10(9)2)13(14)12-4-3-7-15-12/h5-6,8,12-13H,3-4,7,14H2,1-2H3. The molecule has 0 saturated carbocycles. The van der Waals surface area contributed by atoms with Crippen LogP contribution in [0.4, 0.5) is 0 Å². The predicted molar refractivity (Wildman–Crippen MR) is 61.8 cm³/mol. The SMILES string of the molecule is Cc1ccc(C(N)C2CCCO2)cc1C. The van der Waals surface area contributed by atoms with Crippen molar-refractivity contribution in [2.24, 2.45) is 5.73 Å². The van der Waals surface area contributed by atoms with Gasteiger partial charge < -0.3 is 10.5 Å². The molecular weight excluding hydrogens is 186 g/mol. The van der Waals surface area contributed by atoms with Crippen LogP contribution in [-0.2, 0) is 4.74 Å². The Morgan fingerprint density at radius 3 is 2.73 bits per heavy atom. The van der Waals surface area contributed by atoms with E-state index in [-0.39, 0.29) is 12.1 Å². The number of hydrogen-bond donors (Lipinski definition) is 1. The summed E-state index contributed by atoms with van der Waals surface area (Å²) in [5.74, 6) is 0. The Balaban J connectivity index is 2.17. The Labute approximate surface area is 91.4 Å². The third-order valence-corrected chi connectivity index (χ3v) is 3.28. The van der Waals surface area contributed by atoms with E-state index in [1.807, 2.05) is 0 Å². The van der Waals surface area contributed by atoms with Crippen LogP contribution >= 0.6 is 0 Å². The molecule has 15 heavy (non-hydrogen) atoms. The number of aryl methyl sites for hydroxylation is 2. The molecule has 2 nitrogen and oxygen atoms in total. The lowest BCUT2D eigenvalue weighted by Gasteiger charge is -2.19. The van der Waals surface area contributed by atoms with Crippen molar-refractivity contribution < 1.29 is 4.74 Å². The molecule has 2 atom stereocenters. The first-order chi connectivity index (χ1) is 7.18. The zero-order chi connectivity index (χ0) is 10.8. The van der Waals surface area contributed by atoms with Crippen LogP contribution in [0, 0.1) is 13.8 Å². The molecule has 1 aliphatic rings. The molecular formula is C13H19NO. The van der Waals surface area contributed by atoms with Crippen molar-refractivity contribution in [3.05, 3.63) is 34.9 Å². The Bertz CT molecular complexity index is 342. The van der Waals surface area contributed by atoms with Gasteiger partial charge in [-0.05, 0) is 43.4 Å². The first-order valence-corrected chi connectivity index (χ1v) is 5.63. The second-order valence-electron chi connectivity index (χ2n) is 4.42. The van der Waals surface area contributed by atoms with Gasteiger partial charge in [0.2, 0.25) is 0 Å². The first-order valence-electron chi connectivity index (χ1n) is 5.63. The summed E-state index contributed by atoms with van der Waals surface area (Å²) in [5.41, 5.74) is 10.0. The molecule has 0 aliphatic carbocycles. The molecule has 0 aromatic heterocycles. The van der Waals surface area contributed by atoms with Crippen LogP contribution in [-0.4, -0.2) is 12.7 Å². The second kappa shape index (κ2) is 4.33. The van der Waals surface area contributed by atoms with Crippen LogP contribution < -0.4 is 5.73 Å².